The molecule has 1 aliphatic carbocycles. The Hall–Kier alpha value is -1.55. The van der Waals surface area contributed by atoms with Crippen molar-refractivity contribution < 1.29 is 14.3 Å². The first-order valence-corrected chi connectivity index (χ1v) is 7.54. The largest absolute Gasteiger partial charge is 0.469 e. The van der Waals surface area contributed by atoms with Gasteiger partial charge in [0.2, 0.25) is 0 Å². The predicted octanol–water partition coefficient (Wildman–Crippen LogP) is 3.11. The van der Waals surface area contributed by atoms with Crippen LogP contribution in [0.2, 0.25) is 5.02 Å². The molecule has 0 saturated heterocycles. The van der Waals surface area contributed by atoms with E-state index in [-0.39, 0.29) is 23.8 Å². The summed E-state index contributed by atoms with van der Waals surface area (Å²) in [4.78, 5) is 23.6. The molecule has 0 atom stereocenters. The van der Waals surface area contributed by atoms with Crippen molar-refractivity contribution in [2.75, 3.05) is 7.11 Å². The predicted molar refractivity (Wildman–Crippen MR) is 81.4 cm³/mol. The minimum atomic E-state index is -0.148. The van der Waals surface area contributed by atoms with Gasteiger partial charge in [-0.2, -0.15) is 0 Å². The van der Waals surface area contributed by atoms with Crippen LogP contribution in [-0.2, 0) is 9.53 Å². The van der Waals surface area contributed by atoms with Crippen molar-refractivity contribution >= 4 is 23.5 Å². The van der Waals surface area contributed by atoms with E-state index >= 15 is 0 Å². The monoisotopic (exact) mass is 309 g/mol. The molecule has 0 bridgehead atoms. The van der Waals surface area contributed by atoms with Crippen molar-refractivity contribution in [3.05, 3.63) is 34.3 Å². The van der Waals surface area contributed by atoms with E-state index in [1.54, 1.807) is 12.1 Å². The van der Waals surface area contributed by atoms with Crippen LogP contribution in [0.3, 0.4) is 0 Å². The molecule has 1 fully saturated rings. The SMILES string of the molecule is COC(=O)C1CCC(NC(=O)c2ccc(C)c(Cl)c2)CC1. The summed E-state index contributed by atoms with van der Waals surface area (Å²) in [6.07, 6.45) is 3.11. The molecular weight excluding hydrogens is 290 g/mol. The molecule has 1 N–H and O–H groups in total. The lowest BCUT2D eigenvalue weighted by Crippen LogP contribution is -2.38. The molecule has 4 nitrogen and oxygen atoms in total. The molecule has 1 aromatic carbocycles. The Morgan fingerprint density at radius 3 is 2.48 bits per heavy atom. The topological polar surface area (TPSA) is 55.4 Å². The first kappa shape index (κ1) is 15.8. The summed E-state index contributed by atoms with van der Waals surface area (Å²) in [6.45, 7) is 1.90. The van der Waals surface area contributed by atoms with Gasteiger partial charge in [-0.3, -0.25) is 9.59 Å². The van der Waals surface area contributed by atoms with E-state index in [0.29, 0.717) is 10.6 Å². The summed E-state index contributed by atoms with van der Waals surface area (Å²) in [6, 6.07) is 5.41. The van der Waals surface area contributed by atoms with Gasteiger partial charge in [-0.1, -0.05) is 17.7 Å². The van der Waals surface area contributed by atoms with E-state index in [1.165, 1.54) is 7.11 Å². The highest BCUT2D eigenvalue weighted by Gasteiger charge is 2.27. The molecule has 0 radical (unpaired) electrons. The molecule has 0 heterocycles. The van der Waals surface area contributed by atoms with Gasteiger partial charge in [0, 0.05) is 16.6 Å². The van der Waals surface area contributed by atoms with Crippen molar-refractivity contribution in [2.24, 2.45) is 5.92 Å². The first-order chi connectivity index (χ1) is 10.0. The molecule has 0 aromatic heterocycles. The number of rotatable bonds is 3. The minimum Gasteiger partial charge on any atom is -0.469 e. The van der Waals surface area contributed by atoms with Crippen LogP contribution in [0.25, 0.3) is 0 Å². The number of ether oxygens (including phenoxy) is 1. The molecule has 1 saturated carbocycles. The van der Waals surface area contributed by atoms with Crippen LogP contribution in [0, 0.1) is 12.8 Å². The summed E-state index contributed by atoms with van der Waals surface area (Å²) in [7, 11) is 1.41. The normalized spacial score (nSPS) is 21.7. The van der Waals surface area contributed by atoms with E-state index in [2.05, 4.69) is 5.32 Å². The van der Waals surface area contributed by atoms with Crippen LogP contribution >= 0.6 is 11.6 Å². The zero-order valence-corrected chi connectivity index (χ0v) is 13.1. The smallest absolute Gasteiger partial charge is 0.308 e. The van der Waals surface area contributed by atoms with E-state index in [9.17, 15) is 9.59 Å². The fraction of sp³-hybridized carbons (Fsp3) is 0.500. The molecule has 1 amide bonds. The first-order valence-electron chi connectivity index (χ1n) is 7.16. The fourth-order valence-corrected chi connectivity index (χ4v) is 2.82. The van der Waals surface area contributed by atoms with Gasteiger partial charge in [0.25, 0.3) is 5.91 Å². The maximum atomic E-state index is 12.2. The maximum absolute atomic E-state index is 12.2. The number of hydrogen-bond acceptors (Lipinski definition) is 3. The van der Waals surface area contributed by atoms with Gasteiger partial charge in [-0.25, -0.2) is 0 Å². The number of methoxy groups -OCH3 is 1. The third kappa shape index (κ3) is 3.97. The highest BCUT2D eigenvalue weighted by Crippen LogP contribution is 2.25. The number of aryl methyl sites for hydroxylation is 1. The number of esters is 1. The van der Waals surface area contributed by atoms with Gasteiger partial charge in [0.05, 0.1) is 13.0 Å². The van der Waals surface area contributed by atoms with E-state index in [0.717, 1.165) is 31.2 Å². The highest BCUT2D eigenvalue weighted by molar-refractivity contribution is 6.31. The summed E-state index contributed by atoms with van der Waals surface area (Å²) >= 11 is 6.04. The van der Waals surface area contributed by atoms with Crippen molar-refractivity contribution in [2.45, 2.75) is 38.6 Å². The molecule has 1 aromatic rings. The van der Waals surface area contributed by atoms with Crippen LogP contribution in [-0.4, -0.2) is 25.0 Å². The lowest BCUT2D eigenvalue weighted by Gasteiger charge is -2.27. The molecule has 0 unspecified atom stereocenters. The second kappa shape index (κ2) is 6.94. The third-order valence-electron chi connectivity index (χ3n) is 4.03. The van der Waals surface area contributed by atoms with Gasteiger partial charge in [0.1, 0.15) is 0 Å². The number of amides is 1. The number of carbonyl (C=O) groups is 2. The lowest BCUT2D eigenvalue weighted by atomic mass is 9.86. The summed E-state index contributed by atoms with van der Waals surface area (Å²) < 4.78 is 4.76. The number of halogens is 1. The Kier molecular flexibility index (Phi) is 5.23. The van der Waals surface area contributed by atoms with Crippen LogP contribution in [0.4, 0.5) is 0 Å². The molecule has 21 heavy (non-hydrogen) atoms. The van der Waals surface area contributed by atoms with Crippen molar-refractivity contribution in [3.63, 3.8) is 0 Å². The average molecular weight is 310 g/mol. The molecular formula is C16H20ClNO3. The molecule has 2 rings (SSSR count). The van der Waals surface area contributed by atoms with Gasteiger partial charge < -0.3 is 10.1 Å². The van der Waals surface area contributed by atoms with Crippen LogP contribution < -0.4 is 5.32 Å². The standard InChI is InChI=1S/C16H20ClNO3/c1-10-3-4-12(9-14(10)17)15(19)18-13-7-5-11(6-8-13)16(20)21-2/h3-4,9,11,13H,5-8H2,1-2H3,(H,18,19). The molecule has 0 spiro atoms. The van der Waals surface area contributed by atoms with E-state index in [1.807, 2.05) is 13.0 Å². The second-order valence-corrected chi connectivity index (χ2v) is 5.92. The zero-order valence-electron chi connectivity index (χ0n) is 12.3. The third-order valence-corrected chi connectivity index (χ3v) is 4.44. The summed E-state index contributed by atoms with van der Waals surface area (Å²) in [5.74, 6) is -0.291. The Labute approximate surface area is 129 Å². The Morgan fingerprint density at radius 1 is 1.24 bits per heavy atom. The molecule has 114 valence electrons. The van der Waals surface area contributed by atoms with E-state index < -0.39 is 0 Å². The Balaban J connectivity index is 1.89. The molecule has 1 aliphatic rings. The van der Waals surface area contributed by atoms with Crippen LogP contribution in [0.5, 0.6) is 0 Å². The number of benzene rings is 1. The number of hydrogen-bond donors (Lipinski definition) is 1. The van der Waals surface area contributed by atoms with Crippen molar-refractivity contribution in [1.29, 1.82) is 0 Å². The highest BCUT2D eigenvalue weighted by atomic mass is 35.5. The average Bonchev–Trinajstić information content (AvgIpc) is 2.50. The van der Waals surface area contributed by atoms with E-state index in [4.69, 9.17) is 16.3 Å². The Morgan fingerprint density at radius 2 is 1.90 bits per heavy atom. The molecule has 0 aliphatic heterocycles. The van der Waals surface area contributed by atoms with Gasteiger partial charge in [-0.15, -0.1) is 0 Å². The van der Waals surface area contributed by atoms with Gasteiger partial charge in [0.15, 0.2) is 0 Å². The van der Waals surface area contributed by atoms with Gasteiger partial charge in [-0.05, 0) is 50.3 Å². The summed E-state index contributed by atoms with van der Waals surface area (Å²) in [5, 5.41) is 3.60. The van der Waals surface area contributed by atoms with Crippen molar-refractivity contribution in [1.82, 2.24) is 5.32 Å². The maximum Gasteiger partial charge on any atom is 0.308 e. The molecule has 5 heteroatoms. The lowest BCUT2D eigenvalue weighted by molar-refractivity contribution is -0.146. The minimum absolute atomic E-state index is 0.0306. The summed E-state index contributed by atoms with van der Waals surface area (Å²) in [5.41, 5.74) is 1.52. The van der Waals surface area contributed by atoms with Crippen molar-refractivity contribution in [3.8, 4) is 0 Å². The van der Waals surface area contributed by atoms with Crippen LogP contribution in [0.15, 0.2) is 18.2 Å². The zero-order chi connectivity index (χ0) is 15.4. The van der Waals surface area contributed by atoms with Crippen LogP contribution in [0.1, 0.15) is 41.6 Å². The quantitative estimate of drug-likeness (QED) is 0.873. The number of nitrogens with one attached hydrogen (secondary N) is 1. The Bertz CT molecular complexity index is 536. The fourth-order valence-electron chi connectivity index (χ4n) is 2.64. The second-order valence-electron chi connectivity index (χ2n) is 5.51. The number of carbonyl (C=O) groups excluding carboxylic acids is 2. The van der Waals surface area contributed by atoms with Gasteiger partial charge >= 0.3 is 5.97 Å².